The number of nitrogens with two attached hydrogens (primary N) is 1. The molecule has 1 amide bonds. The maximum atomic E-state index is 11.7. The Labute approximate surface area is 78.8 Å². The van der Waals surface area contributed by atoms with Crippen LogP contribution in [0.2, 0.25) is 0 Å². The van der Waals surface area contributed by atoms with Crippen molar-refractivity contribution >= 4 is 5.91 Å². The molecule has 0 aromatic carbocycles. The predicted octanol–water partition coefficient (Wildman–Crippen LogP) is -0.124. The number of rotatable bonds is 2. The summed E-state index contributed by atoms with van der Waals surface area (Å²) in [6.45, 7) is 7.11. The van der Waals surface area contributed by atoms with Gasteiger partial charge in [0, 0.05) is 12.1 Å². The molecule has 0 spiro atoms. The number of carbonyl (C=O) groups is 1. The highest BCUT2D eigenvalue weighted by molar-refractivity contribution is 5.84. The molecule has 0 aliphatic carbocycles. The van der Waals surface area contributed by atoms with Crippen LogP contribution in [0.3, 0.4) is 0 Å². The lowest BCUT2D eigenvalue weighted by Gasteiger charge is -2.40. The number of hydrogen-bond acceptors (Lipinski definition) is 3. The minimum absolute atomic E-state index is 0.00810. The predicted molar refractivity (Wildman–Crippen MR) is 50.2 cm³/mol. The molecule has 4 heteroatoms. The summed E-state index contributed by atoms with van der Waals surface area (Å²) >= 11 is 0. The molecule has 0 aromatic heterocycles. The molecule has 0 atom stereocenters. The first-order valence-electron chi connectivity index (χ1n) is 4.50. The largest absolute Gasteiger partial charge is 0.379 e. The van der Waals surface area contributed by atoms with E-state index in [0.717, 1.165) is 0 Å². The van der Waals surface area contributed by atoms with Crippen LogP contribution in [0, 0.1) is 5.41 Å². The van der Waals surface area contributed by atoms with Crippen molar-refractivity contribution in [3.05, 3.63) is 0 Å². The molecule has 1 saturated heterocycles. The van der Waals surface area contributed by atoms with E-state index in [2.05, 4.69) is 5.32 Å². The third-order valence-corrected chi connectivity index (χ3v) is 2.12. The van der Waals surface area contributed by atoms with Crippen LogP contribution in [0.15, 0.2) is 0 Å². The van der Waals surface area contributed by atoms with Crippen LogP contribution < -0.4 is 11.1 Å². The van der Waals surface area contributed by atoms with E-state index in [-0.39, 0.29) is 11.4 Å². The van der Waals surface area contributed by atoms with Gasteiger partial charge in [-0.2, -0.15) is 0 Å². The Morgan fingerprint density at radius 2 is 2.08 bits per heavy atom. The molecule has 0 radical (unpaired) electrons. The fraction of sp³-hybridized carbons (Fsp3) is 0.889. The Morgan fingerprint density at radius 3 is 2.31 bits per heavy atom. The first kappa shape index (κ1) is 10.5. The number of amides is 1. The molecule has 4 nitrogen and oxygen atoms in total. The van der Waals surface area contributed by atoms with Gasteiger partial charge >= 0.3 is 0 Å². The van der Waals surface area contributed by atoms with Gasteiger partial charge in [0.2, 0.25) is 5.91 Å². The number of ether oxygens (including phenoxy) is 1. The summed E-state index contributed by atoms with van der Waals surface area (Å²) in [4.78, 5) is 11.7. The standard InChI is InChI=1S/C9H18N2O2/c1-8(2,3)11-7(12)9(4-10)5-13-6-9/h4-6,10H2,1-3H3,(H,11,12). The van der Waals surface area contributed by atoms with Crippen LogP contribution in [0.1, 0.15) is 20.8 Å². The molecule has 3 N–H and O–H groups in total. The monoisotopic (exact) mass is 186 g/mol. The van der Waals surface area contributed by atoms with E-state index in [1.165, 1.54) is 0 Å². The fourth-order valence-corrected chi connectivity index (χ4v) is 1.16. The first-order chi connectivity index (χ1) is 5.90. The van der Waals surface area contributed by atoms with Gasteiger partial charge in [-0.15, -0.1) is 0 Å². The quantitative estimate of drug-likeness (QED) is 0.631. The Kier molecular flexibility index (Phi) is 2.63. The fourth-order valence-electron chi connectivity index (χ4n) is 1.16. The van der Waals surface area contributed by atoms with Gasteiger partial charge in [0.05, 0.1) is 13.2 Å². The number of carbonyl (C=O) groups excluding carboxylic acids is 1. The van der Waals surface area contributed by atoms with Crippen LogP contribution in [-0.4, -0.2) is 31.2 Å². The lowest BCUT2D eigenvalue weighted by Crippen LogP contribution is -2.61. The van der Waals surface area contributed by atoms with Crippen molar-refractivity contribution in [2.75, 3.05) is 19.8 Å². The van der Waals surface area contributed by atoms with Gasteiger partial charge in [-0.05, 0) is 20.8 Å². The van der Waals surface area contributed by atoms with Gasteiger partial charge < -0.3 is 15.8 Å². The van der Waals surface area contributed by atoms with Crippen molar-refractivity contribution < 1.29 is 9.53 Å². The Bertz CT molecular complexity index is 199. The van der Waals surface area contributed by atoms with Crippen LogP contribution in [0.25, 0.3) is 0 Å². The maximum absolute atomic E-state index is 11.7. The minimum Gasteiger partial charge on any atom is -0.379 e. The van der Waals surface area contributed by atoms with E-state index < -0.39 is 5.41 Å². The molecule has 1 heterocycles. The first-order valence-corrected chi connectivity index (χ1v) is 4.50. The zero-order valence-corrected chi connectivity index (χ0v) is 8.52. The van der Waals surface area contributed by atoms with E-state index >= 15 is 0 Å². The summed E-state index contributed by atoms with van der Waals surface area (Å²) in [5, 5.41) is 2.91. The van der Waals surface area contributed by atoms with Crippen molar-refractivity contribution in [3.63, 3.8) is 0 Å². The van der Waals surface area contributed by atoms with Crippen molar-refractivity contribution in [2.45, 2.75) is 26.3 Å². The number of hydrogen-bond donors (Lipinski definition) is 2. The van der Waals surface area contributed by atoms with E-state index in [4.69, 9.17) is 10.5 Å². The summed E-state index contributed by atoms with van der Waals surface area (Å²) in [6, 6.07) is 0. The van der Waals surface area contributed by atoms with Gasteiger partial charge in [0.15, 0.2) is 0 Å². The minimum atomic E-state index is -0.465. The van der Waals surface area contributed by atoms with Gasteiger partial charge in [-0.25, -0.2) is 0 Å². The van der Waals surface area contributed by atoms with E-state index in [0.29, 0.717) is 19.8 Å². The zero-order chi connectivity index (χ0) is 10.1. The zero-order valence-electron chi connectivity index (χ0n) is 8.52. The highest BCUT2D eigenvalue weighted by Crippen LogP contribution is 2.26. The van der Waals surface area contributed by atoms with E-state index in [1.807, 2.05) is 20.8 Å². The maximum Gasteiger partial charge on any atom is 0.232 e. The van der Waals surface area contributed by atoms with Crippen molar-refractivity contribution in [1.82, 2.24) is 5.32 Å². The molecular weight excluding hydrogens is 168 g/mol. The molecule has 1 fully saturated rings. The molecular formula is C9H18N2O2. The Morgan fingerprint density at radius 1 is 1.54 bits per heavy atom. The second kappa shape index (κ2) is 3.27. The van der Waals surface area contributed by atoms with E-state index in [1.54, 1.807) is 0 Å². The smallest absolute Gasteiger partial charge is 0.232 e. The second-order valence-corrected chi connectivity index (χ2v) is 4.68. The molecule has 1 aliphatic heterocycles. The van der Waals surface area contributed by atoms with Crippen molar-refractivity contribution in [1.29, 1.82) is 0 Å². The van der Waals surface area contributed by atoms with Gasteiger partial charge in [0.1, 0.15) is 5.41 Å². The third kappa shape index (κ3) is 2.19. The van der Waals surface area contributed by atoms with Gasteiger partial charge in [-0.3, -0.25) is 4.79 Å². The topological polar surface area (TPSA) is 64.4 Å². The summed E-state index contributed by atoms with van der Waals surface area (Å²) in [5.41, 5.74) is 4.88. The summed E-state index contributed by atoms with van der Waals surface area (Å²) in [5.74, 6) is 0.00810. The molecule has 1 aliphatic rings. The molecule has 0 saturated carbocycles. The highest BCUT2D eigenvalue weighted by atomic mass is 16.5. The lowest BCUT2D eigenvalue weighted by atomic mass is 9.84. The normalized spacial score (nSPS) is 20.6. The van der Waals surface area contributed by atoms with Crippen LogP contribution in [0.4, 0.5) is 0 Å². The summed E-state index contributed by atoms with van der Waals surface area (Å²) in [7, 11) is 0. The van der Waals surface area contributed by atoms with Gasteiger partial charge in [0.25, 0.3) is 0 Å². The third-order valence-electron chi connectivity index (χ3n) is 2.12. The van der Waals surface area contributed by atoms with E-state index in [9.17, 15) is 4.79 Å². The number of nitrogens with one attached hydrogen (secondary N) is 1. The molecule has 13 heavy (non-hydrogen) atoms. The lowest BCUT2D eigenvalue weighted by molar-refractivity contribution is -0.160. The molecule has 76 valence electrons. The highest BCUT2D eigenvalue weighted by Gasteiger charge is 2.45. The second-order valence-electron chi connectivity index (χ2n) is 4.68. The molecule has 0 unspecified atom stereocenters. The van der Waals surface area contributed by atoms with Crippen LogP contribution in [-0.2, 0) is 9.53 Å². The SMILES string of the molecule is CC(C)(C)NC(=O)C1(CN)COC1. The van der Waals surface area contributed by atoms with Crippen molar-refractivity contribution in [2.24, 2.45) is 11.1 Å². The summed E-state index contributed by atoms with van der Waals surface area (Å²) < 4.78 is 5.02. The average molecular weight is 186 g/mol. The summed E-state index contributed by atoms with van der Waals surface area (Å²) in [6.07, 6.45) is 0. The average Bonchev–Trinajstić information content (AvgIpc) is 1.80. The molecule has 1 rings (SSSR count). The van der Waals surface area contributed by atoms with Crippen molar-refractivity contribution in [3.8, 4) is 0 Å². The Balaban J connectivity index is 2.56. The van der Waals surface area contributed by atoms with Crippen LogP contribution in [0.5, 0.6) is 0 Å². The van der Waals surface area contributed by atoms with Gasteiger partial charge in [-0.1, -0.05) is 0 Å². The Hall–Kier alpha value is -0.610. The van der Waals surface area contributed by atoms with Crippen LogP contribution >= 0.6 is 0 Å². The molecule has 0 bridgehead atoms. The molecule has 0 aromatic rings.